The van der Waals surface area contributed by atoms with Gasteiger partial charge >= 0.3 is 5.97 Å². The van der Waals surface area contributed by atoms with Gasteiger partial charge in [-0.3, -0.25) is 4.79 Å². The lowest BCUT2D eigenvalue weighted by molar-refractivity contribution is -0.119. The Kier molecular flexibility index (Phi) is 6.63. The molecule has 9 heteroatoms. The van der Waals surface area contributed by atoms with Crippen LogP contribution < -0.4 is 14.8 Å². The SMILES string of the molecule is CCc1c(C(=O)OCC(=O)Nc2cc(OC)ccc2OC)cnn1-c1ccccn1. The first-order valence-electron chi connectivity index (χ1n) is 9.24. The predicted octanol–water partition coefficient (Wildman–Crippen LogP) is 2.64. The van der Waals surface area contributed by atoms with Crippen molar-refractivity contribution in [3.05, 3.63) is 60.0 Å². The fourth-order valence-electron chi connectivity index (χ4n) is 2.87. The van der Waals surface area contributed by atoms with Crippen LogP contribution in [0.25, 0.3) is 5.82 Å². The number of benzene rings is 1. The highest BCUT2D eigenvalue weighted by Crippen LogP contribution is 2.28. The van der Waals surface area contributed by atoms with Gasteiger partial charge < -0.3 is 19.5 Å². The standard InChI is InChI=1S/C21H22N4O5/c1-4-17-15(12-23-25(17)19-7-5-6-10-22-19)21(27)30-13-20(26)24-16-11-14(28-2)8-9-18(16)29-3/h5-12H,4,13H2,1-3H3,(H,24,26). The van der Waals surface area contributed by atoms with E-state index in [0.717, 1.165) is 0 Å². The van der Waals surface area contributed by atoms with E-state index in [1.807, 2.05) is 13.0 Å². The summed E-state index contributed by atoms with van der Waals surface area (Å²) >= 11 is 0. The average Bonchev–Trinajstić information content (AvgIpc) is 3.22. The van der Waals surface area contributed by atoms with E-state index < -0.39 is 18.5 Å². The Hall–Kier alpha value is -3.88. The summed E-state index contributed by atoms with van der Waals surface area (Å²) in [4.78, 5) is 29.1. The first kappa shape index (κ1) is 20.8. The minimum atomic E-state index is -0.637. The average molecular weight is 410 g/mol. The molecule has 30 heavy (non-hydrogen) atoms. The van der Waals surface area contributed by atoms with Crippen LogP contribution in [0.15, 0.2) is 48.8 Å². The maximum atomic E-state index is 12.5. The largest absolute Gasteiger partial charge is 0.497 e. The second kappa shape index (κ2) is 9.55. The molecule has 156 valence electrons. The maximum absolute atomic E-state index is 12.5. The van der Waals surface area contributed by atoms with Crippen LogP contribution in [0.3, 0.4) is 0 Å². The van der Waals surface area contributed by atoms with Gasteiger partial charge in [0.1, 0.15) is 17.1 Å². The molecule has 2 aromatic heterocycles. The van der Waals surface area contributed by atoms with Gasteiger partial charge in [0.15, 0.2) is 12.4 Å². The zero-order valence-electron chi connectivity index (χ0n) is 16.9. The number of anilines is 1. The molecule has 1 amide bonds. The highest BCUT2D eigenvalue weighted by atomic mass is 16.5. The van der Waals surface area contributed by atoms with Crippen LogP contribution in [-0.4, -0.2) is 47.5 Å². The lowest BCUT2D eigenvalue weighted by Crippen LogP contribution is -2.21. The molecule has 0 radical (unpaired) electrons. The van der Waals surface area contributed by atoms with Gasteiger partial charge in [0.05, 0.1) is 31.8 Å². The molecule has 3 aromatic rings. The second-order valence-electron chi connectivity index (χ2n) is 6.15. The number of amides is 1. The number of carbonyl (C=O) groups excluding carboxylic acids is 2. The summed E-state index contributed by atoms with van der Waals surface area (Å²) in [6, 6.07) is 10.4. The number of carbonyl (C=O) groups is 2. The van der Waals surface area contributed by atoms with Crippen LogP contribution in [0.5, 0.6) is 11.5 Å². The Morgan fingerprint density at radius 3 is 2.63 bits per heavy atom. The van der Waals surface area contributed by atoms with Crippen LogP contribution in [0.4, 0.5) is 5.69 Å². The monoisotopic (exact) mass is 410 g/mol. The number of methoxy groups -OCH3 is 2. The molecular weight excluding hydrogens is 388 g/mol. The van der Waals surface area contributed by atoms with Crippen LogP contribution in [-0.2, 0) is 16.0 Å². The summed E-state index contributed by atoms with van der Waals surface area (Å²) in [5.74, 6) is 0.459. The molecule has 0 aliphatic carbocycles. The van der Waals surface area contributed by atoms with E-state index >= 15 is 0 Å². The van der Waals surface area contributed by atoms with Crippen molar-refractivity contribution < 1.29 is 23.8 Å². The topological polar surface area (TPSA) is 105 Å². The molecule has 0 aliphatic heterocycles. The van der Waals surface area contributed by atoms with Crippen molar-refractivity contribution >= 4 is 17.6 Å². The second-order valence-corrected chi connectivity index (χ2v) is 6.15. The summed E-state index contributed by atoms with van der Waals surface area (Å²) in [5.41, 5.74) is 1.35. The summed E-state index contributed by atoms with van der Waals surface area (Å²) in [5, 5.41) is 6.89. The molecule has 0 atom stereocenters. The highest BCUT2D eigenvalue weighted by Gasteiger charge is 2.20. The third-order valence-corrected chi connectivity index (χ3v) is 4.31. The van der Waals surface area contributed by atoms with Gasteiger partial charge in [0.25, 0.3) is 5.91 Å². The number of esters is 1. The molecule has 1 N–H and O–H groups in total. The molecule has 2 heterocycles. The van der Waals surface area contributed by atoms with E-state index in [1.54, 1.807) is 41.2 Å². The number of hydrogen-bond donors (Lipinski definition) is 1. The van der Waals surface area contributed by atoms with E-state index in [-0.39, 0.29) is 5.56 Å². The first-order valence-corrected chi connectivity index (χ1v) is 9.24. The van der Waals surface area contributed by atoms with Crippen molar-refractivity contribution in [2.75, 3.05) is 26.1 Å². The van der Waals surface area contributed by atoms with Crippen molar-refractivity contribution in [3.8, 4) is 17.3 Å². The lowest BCUT2D eigenvalue weighted by atomic mass is 10.2. The van der Waals surface area contributed by atoms with E-state index in [2.05, 4.69) is 15.4 Å². The summed E-state index contributed by atoms with van der Waals surface area (Å²) in [6.45, 7) is 1.44. The number of nitrogens with zero attached hydrogens (tertiary/aromatic N) is 3. The van der Waals surface area contributed by atoms with Gasteiger partial charge in [0.2, 0.25) is 0 Å². The van der Waals surface area contributed by atoms with Crippen LogP contribution in [0.2, 0.25) is 0 Å². The van der Waals surface area contributed by atoms with Crippen molar-refractivity contribution in [2.45, 2.75) is 13.3 Å². The highest BCUT2D eigenvalue weighted by molar-refractivity contribution is 5.96. The summed E-state index contributed by atoms with van der Waals surface area (Å²) in [7, 11) is 3.01. The zero-order chi connectivity index (χ0) is 21.5. The molecule has 0 fully saturated rings. The smallest absolute Gasteiger partial charge is 0.342 e. The quantitative estimate of drug-likeness (QED) is 0.569. The fraction of sp³-hybridized carbons (Fsp3) is 0.238. The Morgan fingerprint density at radius 1 is 1.13 bits per heavy atom. The van der Waals surface area contributed by atoms with Gasteiger partial charge in [0, 0.05) is 12.3 Å². The molecular formula is C21H22N4O5. The minimum Gasteiger partial charge on any atom is -0.497 e. The molecule has 0 aliphatic rings. The Bertz CT molecular complexity index is 1030. The van der Waals surface area contributed by atoms with Gasteiger partial charge in [-0.05, 0) is 30.7 Å². The number of ether oxygens (including phenoxy) is 3. The molecule has 0 bridgehead atoms. The number of hydrogen-bond acceptors (Lipinski definition) is 7. The van der Waals surface area contributed by atoms with Gasteiger partial charge in [-0.1, -0.05) is 13.0 Å². The minimum absolute atomic E-state index is 0.287. The molecule has 0 saturated heterocycles. The van der Waals surface area contributed by atoms with Gasteiger partial charge in [-0.25, -0.2) is 14.5 Å². The van der Waals surface area contributed by atoms with E-state index in [0.29, 0.717) is 35.1 Å². The van der Waals surface area contributed by atoms with Gasteiger partial charge in [-0.2, -0.15) is 5.10 Å². The Labute approximate surface area is 173 Å². The molecule has 0 unspecified atom stereocenters. The van der Waals surface area contributed by atoms with Crippen molar-refractivity contribution in [2.24, 2.45) is 0 Å². The van der Waals surface area contributed by atoms with Crippen LogP contribution in [0, 0.1) is 0 Å². The van der Waals surface area contributed by atoms with E-state index in [9.17, 15) is 9.59 Å². The molecule has 0 spiro atoms. The van der Waals surface area contributed by atoms with Crippen LogP contribution >= 0.6 is 0 Å². The van der Waals surface area contributed by atoms with Crippen molar-refractivity contribution in [3.63, 3.8) is 0 Å². The Balaban J connectivity index is 1.68. The number of pyridine rings is 1. The fourth-order valence-corrected chi connectivity index (χ4v) is 2.87. The molecule has 0 saturated carbocycles. The first-order chi connectivity index (χ1) is 14.6. The summed E-state index contributed by atoms with van der Waals surface area (Å²) < 4.78 is 17.1. The lowest BCUT2D eigenvalue weighted by Gasteiger charge is -2.12. The van der Waals surface area contributed by atoms with Crippen molar-refractivity contribution in [1.82, 2.24) is 14.8 Å². The molecule has 1 aromatic carbocycles. The van der Waals surface area contributed by atoms with Crippen LogP contribution in [0.1, 0.15) is 23.0 Å². The predicted molar refractivity (Wildman–Crippen MR) is 109 cm³/mol. The molecule has 3 rings (SSSR count). The maximum Gasteiger partial charge on any atom is 0.342 e. The van der Waals surface area contributed by atoms with E-state index in [4.69, 9.17) is 14.2 Å². The van der Waals surface area contributed by atoms with Gasteiger partial charge in [-0.15, -0.1) is 0 Å². The third-order valence-electron chi connectivity index (χ3n) is 4.31. The number of rotatable bonds is 8. The Morgan fingerprint density at radius 2 is 1.97 bits per heavy atom. The number of aromatic nitrogens is 3. The summed E-state index contributed by atoms with van der Waals surface area (Å²) in [6.07, 6.45) is 3.60. The zero-order valence-corrected chi connectivity index (χ0v) is 16.9. The van der Waals surface area contributed by atoms with E-state index in [1.165, 1.54) is 20.4 Å². The van der Waals surface area contributed by atoms with Crippen molar-refractivity contribution in [1.29, 1.82) is 0 Å². The normalized spacial score (nSPS) is 10.4. The third kappa shape index (κ3) is 4.57. The number of nitrogens with one attached hydrogen (secondary N) is 1. The molecule has 9 nitrogen and oxygen atoms in total.